The van der Waals surface area contributed by atoms with E-state index in [0.29, 0.717) is 37.8 Å². The molecule has 1 aliphatic heterocycles. The van der Waals surface area contributed by atoms with Gasteiger partial charge in [-0.1, -0.05) is 27.7 Å². The summed E-state index contributed by atoms with van der Waals surface area (Å²) in [6, 6.07) is 0. The number of esters is 5. The van der Waals surface area contributed by atoms with Gasteiger partial charge in [-0.05, 0) is 25.7 Å². The van der Waals surface area contributed by atoms with E-state index in [1.807, 2.05) is 0 Å². The largest absolute Gasteiger partial charge is 0.478 e. The summed E-state index contributed by atoms with van der Waals surface area (Å²) in [6.45, 7) is 6.50. The lowest BCUT2D eigenvalue weighted by Crippen LogP contribution is -2.63. The number of hydrogen-bond acceptors (Lipinski definition) is 12. The van der Waals surface area contributed by atoms with Gasteiger partial charge in [0.05, 0.1) is 0 Å². The molecule has 0 bridgehead atoms. The lowest BCUT2D eigenvalue weighted by Gasteiger charge is -2.43. The average molecular weight is 559 g/mol. The fourth-order valence-corrected chi connectivity index (χ4v) is 3.50. The Balaban J connectivity index is 3.51. The smallest absolute Gasteiger partial charge is 0.333 e. The lowest BCUT2D eigenvalue weighted by molar-refractivity contribution is -0.300. The lowest BCUT2D eigenvalue weighted by atomic mass is 9.97. The maximum Gasteiger partial charge on any atom is 0.333 e. The van der Waals surface area contributed by atoms with Crippen molar-refractivity contribution in [2.75, 3.05) is 6.61 Å². The van der Waals surface area contributed by atoms with Gasteiger partial charge in [-0.15, -0.1) is 0 Å². The van der Waals surface area contributed by atoms with Crippen molar-refractivity contribution in [2.45, 2.75) is 110 Å². The Kier molecular flexibility index (Phi) is 15.4. The van der Waals surface area contributed by atoms with Crippen molar-refractivity contribution < 1.29 is 62.3 Å². The molecule has 13 heteroatoms. The normalized spacial score (nSPS) is 22.5. The van der Waals surface area contributed by atoms with Crippen LogP contribution in [-0.2, 0) is 57.2 Å². The van der Waals surface area contributed by atoms with E-state index in [0.717, 1.165) is 0 Å². The second-order valence-electron chi connectivity index (χ2n) is 8.70. The highest BCUT2D eigenvalue weighted by atomic mass is 16.7. The first-order valence-electron chi connectivity index (χ1n) is 13.1. The first kappa shape index (κ1) is 33.5. The predicted molar refractivity (Wildman–Crippen MR) is 132 cm³/mol. The molecule has 1 fully saturated rings. The maximum absolute atomic E-state index is 12.6. The molecule has 0 aromatic carbocycles. The van der Waals surface area contributed by atoms with Gasteiger partial charge >= 0.3 is 35.8 Å². The molecule has 0 aromatic rings. The van der Waals surface area contributed by atoms with Gasteiger partial charge in [-0.25, -0.2) is 9.59 Å². The number of aliphatic carboxylic acids is 1. The minimum atomic E-state index is -1.73. The van der Waals surface area contributed by atoms with Crippen LogP contribution in [0.3, 0.4) is 0 Å². The first-order chi connectivity index (χ1) is 18.6. The minimum absolute atomic E-state index is 0.00710. The quantitative estimate of drug-likeness (QED) is 0.166. The van der Waals surface area contributed by atoms with Gasteiger partial charge in [0.1, 0.15) is 12.7 Å². The van der Waals surface area contributed by atoms with Crippen LogP contribution in [0, 0.1) is 0 Å². The Labute approximate surface area is 227 Å². The molecule has 220 valence electrons. The molecular formula is C26H38O13. The molecule has 1 heterocycles. The van der Waals surface area contributed by atoms with Crippen LogP contribution in [0.1, 0.15) is 79.1 Å². The van der Waals surface area contributed by atoms with Gasteiger partial charge < -0.3 is 33.5 Å². The van der Waals surface area contributed by atoms with E-state index in [-0.39, 0.29) is 25.7 Å². The summed E-state index contributed by atoms with van der Waals surface area (Å²) in [7, 11) is 0. The molecule has 1 aliphatic rings. The maximum atomic E-state index is 12.6. The molecule has 0 aromatic heterocycles. The number of carboxylic acids is 1. The van der Waals surface area contributed by atoms with Crippen molar-refractivity contribution >= 4 is 35.8 Å². The highest BCUT2D eigenvalue weighted by Crippen LogP contribution is 2.31. The van der Waals surface area contributed by atoms with Crippen LogP contribution in [0.5, 0.6) is 0 Å². The zero-order valence-electron chi connectivity index (χ0n) is 22.8. The molecule has 5 atom stereocenters. The van der Waals surface area contributed by atoms with E-state index in [2.05, 4.69) is 0 Å². The summed E-state index contributed by atoms with van der Waals surface area (Å²) >= 11 is 0. The molecular weight excluding hydrogens is 520 g/mol. The number of ether oxygens (including phenoxy) is 6. The molecule has 39 heavy (non-hydrogen) atoms. The number of rotatable bonds is 16. The highest BCUT2D eigenvalue weighted by molar-refractivity contribution is 5.90. The van der Waals surface area contributed by atoms with E-state index in [1.165, 1.54) is 0 Å². The highest BCUT2D eigenvalue weighted by Gasteiger charge is 2.54. The van der Waals surface area contributed by atoms with Crippen LogP contribution in [0.15, 0.2) is 12.2 Å². The summed E-state index contributed by atoms with van der Waals surface area (Å²) in [5.41, 5.74) is 0. The minimum Gasteiger partial charge on any atom is -0.478 e. The van der Waals surface area contributed by atoms with E-state index < -0.39 is 73.1 Å². The third-order valence-corrected chi connectivity index (χ3v) is 5.21. The van der Waals surface area contributed by atoms with Crippen LogP contribution in [0.2, 0.25) is 0 Å². The third-order valence-electron chi connectivity index (χ3n) is 5.21. The predicted octanol–water partition coefficient (Wildman–Crippen LogP) is 2.37. The Morgan fingerprint density at radius 1 is 0.641 bits per heavy atom. The van der Waals surface area contributed by atoms with Crippen molar-refractivity contribution in [3.8, 4) is 0 Å². The van der Waals surface area contributed by atoms with Crippen molar-refractivity contribution in [3.63, 3.8) is 0 Å². The van der Waals surface area contributed by atoms with Gasteiger partial charge in [0.15, 0.2) is 12.2 Å². The average Bonchev–Trinajstić information content (AvgIpc) is 2.85. The van der Waals surface area contributed by atoms with Gasteiger partial charge in [0, 0.05) is 37.8 Å². The topological polar surface area (TPSA) is 178 Å². The SMILES string of the molecule is CCCC(=O)OC[C@H]1O[C@H](OC(=O)/C=C/C(=O)O)[C@@H](OC(=O)CCC)[C@@H](OC(=O)CCC)[C@@H]1OC(=O)CCC. The van der Waals surface area contributed by atoms with Crippen molar-refractivity contribution in [1.29, 1.82) is 0 Å². The Morgan fingerprint density at radius 3 is 1.59 bits per heavy atom. The second kappa shape index (κ2) is 17.9. The van der Waals surface area contributed by atoms with E-state index in [1.54, 1.807) is 27.7 Å². The molecule has 1 rings (SSSR count). The Bertz CT molecular complexity index is 881. The van der Waals surface area contributed by atoms with E-state index >= 15 is 0 Å². The van der Waals surface area contributed by atoms with Crippen molar-refractivity contribution in [1.82, 2.24) is 0 Å². The monoisotopic (exact) mass is 558 g/mol. The van der Waals surface area contributed by atoms with Gasteiger partial charge in [-0.2, -0.15) is 0 Å². The fourth-order valence-electron chi connectivity index (χ4n) is 3.50. The summed E-state index contributed by atoms with van der Waals surface area (Å²) in [5, 5.41) is 8.81. The molecule has 1 N–H and O–H groups in total. The third kappa shape index (κ3) is 12.3. The van der Waals surface area contributed by atoms with Gasteiger partial charge in [-0.3, -0.25) is 19.2 Å². The van der Waals surface area contributed by atoms with E-state index in [9.17, 15) is 28.8 Å². The summed E-state index contributed by atoms with van der Waals surface area (Å²) in [6.07, 6.45) is -4.58. The van der Waals surface area contributed by atoms with Gasteiger partial charge in [0.2, 0.25) is 12.4 Å². The van der Waals surface area contributed by atoms with Crippen LogP contribution in [0.4, 0.5) is 0 Å². The fraction of sp³-hybridized carbons (Fsp3) is 0.692. The van der Waals surface area contributed by atoms with Crippen molar-refractivity contribution in [3.05, 3.63) is 12.2 Å². The zero-order valence-corrected chi connectivity index (χ0v) is 22.8. The molecule has 0 spiro atoms. The first-order valence-corrected chi connectivity index (χ1v) is 13.1. The van der Waals surface area contributed by atoms with E-state index in [4.69, 9.17) is 33.5 Å². The standard InChI is InChI=1S/C26H38O13/c1-5-9-18(29)34-15-16-23(36-19(30)10-6-2)24(37-20(31)11-7-3)25(38-21(32)12-8-4)26(35-16)39-22(33)14-13-17(27)28/h13-14,16,23-26H,5-12,15H2,1-4H3,(H,27,28)/b14-13+/t16-,23-,24+,25+,26-/m1/s1. The molecule has 0 amide bonds. The van der Waals surface area contributed by atoms with Crippen LogP contribution >= 0.6 is 0 Å². The summed E-state index contributed by atoms with van der Waals surface area (Å²) in [5.74, 6) is -5.29. The van der Waals surface area contributed by atoms with Crippen LogP contribution < -0.4 is 0 Å². The molecule has 0 unspecified atom stereocenters. The number of hydrogen-bond donors (Lipinski definition) is 1. The molecule has 0 aliphatic carbocycles. The van der Waals surface area contributed by atoms with Crippen LogP contribution in [-0.4, -0.2) is 78.2 Å². The molecule has 0 radical (unpaired) electrons. The van der Waals surface area contributed by atoms with Crippen molar-refractivity contribution in [2.24, 2.45) is 0 Å². The zero-order chi connectivity index (χ0) is 29.4. The number of carboxylic acid groups (broad SMARTS) is 1. The number of carbonyl (C=O) groups excluding carboxylic acids is 5. The Hall–Kier alpha value is -3.48. The van der Waals surface area contributed by atoms with Gasteiger partial charge in [0.25, 0.3) is 0 Å². The molecule has 13 nitrogen and oxygen atoms in total. The summed E-state index contributed by atoms with van der Waals surface area (Å²) < 4.78 is 32.9. The Morgan fingerprint density at radius 2 is 1.10 bits per heavy atom. The number of carbonyl (C=O) groups is 6. The molecule has 0 saturated carbocycles. The van der Waals surface area contributed by atoms with Crippen LogP contribution in [0.25, 0.3) is 0 Å². The molecule has 1 saturated heterocycles. The summed E-state index contributed by atoms with van der Waals surface area (Å²) in [4.78, 5) is 72.8. The second-order valence-corrected chi connectivity index (χ2v) is 8.70.